The maximum atomic E-state index is 12.3. The van der Waals surface area contributed by atoms with E-state index in [1.807, 2.05) is 0 Å². The first-order chi connectivity index (χ1) is 11.3. The molecule has 130 valence electrons. The van der Waals surface area contributed by atoms with Crippen LogP contribution in [-0.2, 0) is 39.9 Å². The lowest BCUT2D eigenvalue weighted by Crippen LogP contribution is -2.29. The molecular weight excluding hydrogens is 320 g/mol. The molecule has 1 atom stereocenters. The zero-order valence-corrected chi connectivity index (χ0v) is 13.6. The first-order valence-corrected chi connectivity index (χ1v) is 7.02. The van der Waals surface area contributed by atoms with Gasteiger partial charge in [-0.1, -0.05) is 18.2 Å². The minimum absolute atomic E-state index is 0.108. The highest BCUT2D eigenvalue weighted by Gasteiger charge is 2.22. The summed E-state index contributed by atoms with van der Waals surface area (Å²) in [7, 11) is 0. The molecule has 0 saturated carbocycles. The smallest absolute Gasteiger partial charge is 0.341 e. The highest BCUT2D eigenvalue weighted by atomic mass is 16.7. The summed E-state index contributed by atoms with van der Waals surface area (Å²) >= 11 is 0. The third-order valence-electron chi connectivity index (χ3n) is 2.63. The quantitative estimate of drug-likeness (QED) is 0.417. The minimum Gasteiger partial charge on any atom is -0.461 e. The molecule has 8 heteroatoms. The van der Waals surface area contributed by atoms with E-state index < -0.39 is 36.8 Å². The Balaban J connectivity index is 2.84. The average Bonchev–Trinajstić information content (AvgIpc) is 2.50. The second-order valence-electron chi connectivity index (χ2n) is 4.68. The number of hydrogen-bond acceptors (Lipinski definition) is 8. The fourth-order valence-corrected chi connectivity index (χ4v) is 1.67. The highest BCUT2D eigenvalue weighted by Crippen LogP contribution is 2.13. The van der Waals surface area contributed by atoms with Crippen LogP contribution in [0, 0.1) is 0 Å². The summed E-state index contributed by atoms with van der Waals surface area (Å²) in [6, 6.07) is 6.32. The third kappa shape index (κ3) is 6.91. The summed E-state index contributed by atoms with van der Waals surface area (Å²) < 4.78 is 19.4. The molecule has 0 fully saturated rings. The lowest BCUT2D eigenvalue weighted by molar-refractivity contribution is -0.180. The van der Waals surface area contributed by atoms with Crippen LogP contribution >= 0.6 is 0 Å². The monoisotopic (exact) mass is 338 g/mol. The van der Waals surface area contributed by atoms with Crippen molar-refractivity contribution in [2.24, 2.45) is 0 Å². The van der Waals surface area contributed by atoms with Crippen molar-refractivity contribution in [2.45, 2.75) is 33.7 Å². The first kappa shape index (κ1) is 19.1. The van der Waals surface area contributed by atoms with Crippen LogP contribution in [0.1, 0.15) is 36.7 Å². The van der Waals surface area contributed by atoms with Crippen LogP contribution in [0.5, 0.6) is 0 Å². The van der Waals surface area contributed by atoms with Crippen LogP contribution in [-0.4, -0.2) is 36.8 Å². The molecule has 1 rings (SSSR count). The Labute approximate surface area is 138 Å². The number of carbonyl (C=O) groups excluding carboxylic acids is 4. The van der Waals surface area contributed by atoms with Crippen molar-refractivity contribution in [1.29, 1.82) is 0 Å². The van der Waals surface area contributed by atoms with Gasteiger partial charge >= 0.3 is 23.9 Å². The molecule has 0 bridgehead atoms. The predicted molar refractivity (Wildman–Crippen MR) is 79.5 cm³/mol. The van der Waals surface area contributed by atoms with Crippen LogP contribution in [0.25, 0.3) is 0 Å². The SMILES string of the molecule is CC(=O)OCc1ccccc1C(=O)OC(COC(C)=O)OC(C)=O. The molecule has 0 aliphatic rings. The second kappa shape index (κ2) is 9.29. The van der Waals surface area contributed by atoms with E-state index in [1.165, 1.54) is 19.9 Å². The number of benzene rings is 1. The van der Waals surface area contributed by atoms with Crippen molar-refractivity contribution >= 4 is 23.9 Å². The number of carbonyl (C=O) groups is 4. The number of hydrogen-bond donors (Lipinski definition) is 0. The van der Waals surface area contributed by atoms with Gasteiger partial charge in [-0.05, 0) is 6.07 Å². The average molecular weight is 338 g/mol. The van der Waals surface area contributed by atoms with Gasteiger partial charge in [0.05, 0.1) is 5.56 Å². The molecule has 0 amide bonds. The minimum atomic E-state index is -1.37. The van der Waals surface area contributed by atoms with E-state index in [1.54, 1.807) is 18.2 Å². The zero-order valence-electron chi connectivity index (χ0n) is 13.6. The summed E-state index contributed by atoms with van der Waals surface area (Å²) in [5.74, 6) is -2.62. The van der Waals surface area contributed by atoms with E-state index in [-0.39, 0.29) is 12.2 Å². The molecule has 0 aromatic heterocycles. The summed E-state index contributed by atoms with van der Waals surface area (Å²) in [5, 5.41) is 0. The topological polar surface area (TPSA) is 105 Å². The number of rotatable bonds is 7. The van der Waals surface area contributed by atoms with Crippen molar-refractivity contribution in [1.82, 2.24) is 0 Å². The fourth-order valence-electron chi connectivity index (χ4n) is 1.67. The molecule has 0 spiro atoms. The zero-order chi connectivity index (χ0) is 18.1. The van der Waals surface area contributed by atoms with Gasteiger partial charge in [0, 0.05) is 26.3 Å². The predicted octanol–water partition coefficient (Wildman–Crippen LogP) is 1.36. The van der Waals surface area contributed by atoms with Gasteiger partial charge in [0.15, 0.2) is 6.61 Å². The lowest BCUT2D eigenvalue weighted by atomic mass is 10.1. The van der Waals surface area contributed by atoms with Gasteiger partial charge in [-0.25, -0.2) is 4.79 Å². The molecule has 0 aliphatic carbocycles. The van der Waals surface area contributed by atoms with Gasteiger partial charge < -0.3 is 18.9 Å². The summed E-state index contributed by atoms with van der Waals surface area (Å²) in [6.45, 7) is 3.01. The van der Waals surface area contributed by atoms with Crippen LogP contribution in [0.3, 0.4) is 0 Å². The standard InChI is InChI=1S/C16H18O8/c1-10(17)21-8-13-6-4-5-7-14(13)16(20)24-15(23-12(3)19)9-22-11(2)18/h4-7,15H,8-9H2,1-3H3. The van der Waals surface area contributed by atoms with Crippen molar-refractivity contribution < 1.29 is 38.1 Å². The molecule has 1 aromatic carbocycles. The second-order valence-corrected chi connectivity index (χ2v) is 4.68. The van der Waals surface area contributed by atoms with Crippen molar-refractivity contribution in [3.8, 4) is 0 Å². The Morgan fingerprint density at radius 3 is 2.08 bits per heavy atom. The van der Waals surface area contributed by atoms with Gasteiger partial charge in [-0.3, -0.25) is 14.4 Å². The Morgan fingerprint density at radius 2 is 1.50 bits per heavy atom. The van der Waals surface area contributed by atoms with Crippen molar-refractivity contribution in [2.75, 3.05) is 6.61 Å². The van der Waals surface area contributed by atoms with Gasteiger partial charge in [0.1, 0.15) is 6.61 Å². The maximum Gasteiger partial charge on any atom is 0.341 e. The maximum absolute atomic E-state index is 12.3. The molecule has 8 nitrogen and oxygen atoms in total. The third-order valence-corrected chi connectivity index (χ3v) is 2.63. The van der Waals surface area contributed by atoms with Gasteiger partial charge in [0.25, 0.3) is 6.29 Å². The number of ether oxygens (including phenoxy) is 4. The highest BCUT2D eigenvalue weighted by molar-refractivity contribution is 5.91. The molecule has 1 unspecified atom stereocenters. The van der Waals surface area contributed by atoms with Crippen LogP contribution in [0.4, 0.5) is 0 Å². The van der Waals surface area contributed by atoms with Gasteiger partial charge in [-0.2, -0.15) is 0 Å². The summed E-state index contributed by atoms with van der Waals surface area (Å²) in [4.78, 5) is 45.0. The Morgan fingerprint density at radius 1 is 0.875 bits per heavy atom. The van der Waals surface area contributed by atoms with Crippen LogP contribution < -0.4 is 0 Å². The molecule has 0 radical (unpaired) electrons. The largest absolute Gasteiger partial charge is 0.461 e. The van der Waals surface area contributed by atoms with Gasteiger partial charge in [-0.15, -0.1) is 0 Å². The molecule has 1 aromatic rings. The van der Waals surface area contributed by atoms with E-state index in [0.717, 1.165) is 6.92 Å². The summed E-state index contributed by atoms with van der Waals surface area (Å²) in [6.07, 6.45) is -1.37. The van der Waals surface area contributed by atoms with Gasteiger partial charge in [0.2, 0.25) is 0 Å². The molecule has 0 saturated heterocycles. The Hall–Kier alpha value is -2.90. The number of esters is 4. The molecule has 0 N–H and O–H groups in total. The van der Waals surface area contributed by atoms with Crippen molar-refractivity contribution in [3.63, 3.8) is 0 Å². The molecule has 0 aliphatic heterocycles. The molecular formula is C16H18O8. The molecule has 24 heavy (non-hydrogen) atoms. The fraction of sp³-hybridized carbons (Fsp3) is 0.375. The Bertz CT molecular complexity index is 622. The van der Waals surface area contributed by atoms with E-state index in [4.69, 9.17) is 14.2 Å². The van der Waals surface area contributed by atoms with E-state index in [2.05, 4.69) is 4.74 Å². The normalized spacial score (nSPS) is 11.1. The lowest BCUT2D eigenvalue weighted by Gasteiger charge is -2.18. The van der Waals surface area contributed by atoms with Crippen LogP contribution in [0.15, 0.2) is 24.3 Å². The first-order valence-electron chi connectivity index (χ1n) is 7.02. The molecule has 0 heterocycles. The summed E-state index contributed by atoms with van der Waals surface area (Å²) in [5.41, 5.74) is 0.561. The van der Waals surface area contributed by atoms with Crippen LogP contribution in [0.2, 0.25) is 0 Å². The Kier molecular flexibility index (Phi) is 7.41. The van der Waals surface area contributed by atoms with E-state index in [9.17, 15) is 19.2 Å². The van der Waals surface area contributed by atoms with E-state index in [0.29, 0.717) is 5.56 Å². The van der Waals surface area contributed by atoms with E-state index >= 15 is 0 Å². The van der Waals surface area contributed by atoms with Crippen molar-refractivity contribution in [3.05, 3.63) is 35.4 Å².